The van der Waals surface area contributed by atoms with Crippen LogP contribution in [0.15, 0.2) is 212 Å². The smallest absolute Gasteiger partial charge is 0.0443 e. The van der Waals surface area contributed by atoms with Gasteiger partial charge in [0.05, 0.1) is 0 Å². The van der Waals surface area contributed by atoms with Crippen molar-refractivity contribution in [3.8, 4) is 22.3 Å². The van der Waals surface area contributed by atoms with Crippen LogP contribution in [0.2, 0.25) is 0 Å². The van der Waals surface area contributed by atoms with E-state index in [1.54, 1.807) is 0 Å². The minimum absolute atomic E-state index is 0.996. The molecule has 0 atom stereocenters. The van der Waals surface area contributed by atoms with E-state index < -0.39 is 0 Å². The number of para-hydroxylation sites is 2. The first-order valence-corrected chi connectivity index (χ1v) is 22.9. The molecule has 2 heteroatoms. The number of aryl methyl sites for hydroxylation is 2. The van der Waals surface area contributed by atoms with Crippen LogP contribution in [-0.2, 0) is 12.8 Å². The van der Waals surface area contributed by atoms with Gasteiger partial charge in [-0.2, -0.15) is 0 Å². The second-order valence-electron chi connectivity index (χ2n) is 17.5. The van der Waals surface area contributed by atoms with Gasteiger partial charge in [-0.1, -0.05) is 170 Å². The predicted octanol–water partition coefficient (Wildman–Crippen LogP) is 16.2. The number of fused-ring (bicyclic) bond motifs is 5. The second-order valence-corrected chi connectivity index (χ2v) is 17.5. The van der Waals surface area contributed by atoms with Crippen molar-refractivity contribution >= 4 is 66.7 Å². The lowest BCUT2D eigenvalue weighted by Crippen LogP contribution is -2.24. The second kappa shape index (κ2) is 16.2. The molecule has 0 saturated carbocycles. The molecule has 0 spiro atoms. The van der Waals surface area contributed by atoms with E-state index in [9.17, 15) is 0 Å². The average Bonchev–Trinajstić information content (AvgIpc) is 3.37. The molecule has 0 aliphatic carbocycles. The van der Waals surface area contributed by atoms with E-state index in [0.717, 1.165) is 38.8 Å². The fraction of sp³-hybridized carbons (Fsp3) is 0.0968. The third-order valence-corrected chi connectivity index (χ3v) is 13.6. The van der Waals surface area contributed by atoms with Crippen molar-refractivity contribution in [2.45, 2.75) is 25.7 Å². The summed E-state index contributed by atoms with van der Waals surface area (Å²) >= 11 is 0. The van der Waals surface area contributed by atoms with E-state index in [1.165, 1.54) is 111 Å². The van der Waals surface area contributed by atoms with Crippen LogP contribution in [0.4, 0.5) is 22.7 Å². The van der Waals surface area contributed by atoms with Crippen molar-refractivity contribution in [3.05, 3.63) is 240 Å². The molecule has 64 heavy (non-hydrogen) atoms. The molecule has 0 bridgehead atoms. The highest BCUT2D eigenvalue weighted by molar-refractivity contribution is 6.23. The van der Waals surface area contributed by atoms with Crippen molar-refractivity contribution in [1.29, 1.82) is 0 Å². The van der Waals surface area contributed by atoms with E-state index in [-0.39, 0.29) is 0 Å². The topological polar surface area (TPSA) is 6.48 Å². The molecule has 10 aromatic rings. The SMILES string of the molecule is C(=C(c1ccccc1)c1ccccc1)c1ccc(-c2c3ccc(N4CCCc5ccccc54)cc3c(-c3ccc4ccccc4c3)c3ccc(N4CCCc5ccccc54)cc23)cc1. The van der Waals surface area contributed by atoms with Crippen molar-refractivity contribution in [3.63, 3.8) is 0 Å². The van der Waals surface area contributed by atoms with Crippen molar-refractivity contribution in [1.82, 2.24) is 0 Å². The molecule has 2 aliphatic rings. The molecule has 2 heterocycles. The Bertz CT molecular complexity index is 3340. The lowest BCUT2D eigenvalue weighted by molar-refractivity contribution is 0.767. The largest absolute Gasteiger partial charge is 0.341 e. The third-order valence-electron chi connectivity index (χ3n) is 13.6. The van der Waals surface area contributed by atoms with E-state index in [4.69, 9.17) is 0 Å². The number of anilines is 4. The monoisotopic (exact) mass is 820 g/mol. The summed E-state index contributed by atoms with van der Waals surface area (Å²) in [4.78, 5) is 5.09. The maximum atomic E-state index is 2.54. The van der Waals surface area contributed by atoms with Crippen LogP contribution < -0.4 is 9.80 Å². The van der Waals surface area contributed by atoms with E-state index in [1.807, 2.05) is 0 Å². The van der Waals surface area contributed by atoms with Gasteiger partial charge < -0.3 is 9.80 Å². The van der Waals surface area contributed by atoms with Crippen LogP contribution in [0.25, 0.3) is 66.2 Å². The fourth-order valence-corrected chi connectivity index (χ4v) is 10.6. The highest BCUT2D eigenvalue weighted by Crippen LogP contribution is 2.48. The van der Waals surface area contributed by atoms with Gasteiger partial charge in [0.2, 0.25) is 0 Å². The number of rotatable bonds is 7. The summed E-state index contributed by atoms with van der Waals surface area (Å²) in [7, 11) is 0. The summed E-state index contributed by atoms with van der Waals surface area (Å²) in [6.07, 6.45) is 6.83. The van der Waals surface area contributed by atoms with Crippen LogP contribution in [0.5, 0.6) is 0 Å². The predicted molar refractivity (Wildman–Crippen MR) is 273 cm³/mol. The molecule has 0 unspecified atom stereocenters. The van der Waals surface area contributed by atoms with Crippen molar-refractivity contribution in [2.24, 2.45) is 0 Å². The maximum Gasteiger partial charge on any atom is 0.0443 e. The number of benzene rings is 10. The first-order valence-electron chi connectivity index (χ1n) is 22.9. The highest BCUT2D eigenvalue weighted by atomic mass is 15.1. The molecule has 2 nitrogen and oxygen atoms in total. The van der Waals surface area contributed by atoms with Gasteiger partial charge in [-0.05, 0) is 162 Å². The van der Waals surface area contributed by atoms with Crippen LogP contribution >= 0.6 is 0 Å². The molecule has 0 amide bonds. The minimum Gasteiger partial charge on any atom is -0.341 e. The molecule has 12 rings (SSSR count). The molecule has 0 fully saturated rings. The molecule has 0 aromatic heterocycles. The Labute approximate surface area is 376 Å². The summed E-state index contributed by atoms with van der Waals surface area (Å²) in [5, 5.41) is 7.58. The first kappa shape index (κ1) is 38.0. The summed E-state index contributed by atoms with van der Waals surface area (Å²) in [5.74, 6) is 0. The van der Waals surface area contributed by atoms with Gasteiger partial charge in [0.1, 0.15) is 0 Å². The van der Waals surface area contributed by atoms with Gasteiger partial charge in [0.25, 0.3) is 0 Å². The third kappa shape index (κ3) is 6.83. The zero-order chi connectivity index (χ0) is 42.4. The minimum atomic E-state index is 0.996. The summed E-state index contributed by atoms with van der Waals surface area (Å²) in [5.41, 5.74) is 17.8. The summed E-state index contributed by atoms with van der Waals surface area (Å²) < 4.78 is 0. The normalized spacial score (nSPS) is 13.5. The first-order chi connectivity index (χ1) is 31.7. The van der Waals surface area contributed by atoms with Gasteiger partial charge in [0, 0.05) is 35.8 Å². The van der Waals surface area contributed by atoms with Crippen LogP contribution in [0.3, 0.4) is 0 Å². The number of hydrogen-bond acceptors (Lipinski definition) is 2. The fourth-order valence-electron chi connectivity index (χ4n) is 10.6. The van der Waals surface area contributed by atoms with Crippen LogP contribution in [-0.4, -0.2) is 13.1 Å². The molecule has 306 valence electrons. The standard InChI is InChI=1S/C62H48N2/c1-3-16-45(17-4-1)56(46-18-5-2-6-19-46)39-43-27-29-49(30-28-43)61-54-35-33-53(64-38-14-24-48-21-10-12-26-60(48)64)42-58(54)62(51-32-31-44-15-7-8-22-50(44)40-51)55-36-34-52(41-57(55)61)63-37-13-23-47-20-9-11-25-59(47)63/h1-12,15-22,25-36,39-42H,13-14,23-24,37-38H2. The van der Waals surface area contributed by atoms with Gasteiger partial charge in [-0.3, -0.25) is 0 Å². The van der Waals surface area contributed by atoms with Crippen molar-refractivity contribution in [2.75, 3.05) is 22.9 Å². The van der Waals surface area contributed by atoms with Crippen molar-refractivity contribution < 1.29 is 0 Å². The molecule has 2 aliphatic heterocycles. The zero-order valence-electron chi connectivity index (χ0n) is 35.9. The Morgan fingerprint density at radius 2 is 0.859 bits per heavy atom. The van der Waals surface area contributed by atoms with Crippen LogP contribution in [0.1, 0.15) is 40.7 Å². The Balaban J connectivity index is 1.11. The molecular formula is C62H48N2. The Hall–Kier alpha value is -7.68. The van der Waals surface area contributed by atoms with E-state index >= 15 is 0 Å². The Morgan fingerprint density at radius 3 is 1.44 bits per heavy atom. The highest BCUT2D eigenvalue weighted by Gasteiger charge is 2.24. The lowest BCUT2D eigenvalue weighted by atomic mass is 9.84. The summed E-state index contributed by atoms with van der Waals surface area (Å²) in [6, 6.07) is 79.1. The van der Waals surface area contributed by atoms with Gasteiger partial charge >= 0.3 is 0 Å². The molecule has 0 N–H and O–H groups in total. The number of hydrogen-bond donors (Lipinski definition) is 0. The van der Waals surface area contributed by atoms with Gasteiger partial charge in [-0.15, -0.1) is 0 Å². The average molecular weight is 821 g/mol. The Morgan fingerprint density at radius 1 is 0.375 bits per heavy atom. The van der Waals surface area contributed by atoms with Gasteiger partial charge in [0.15, 0.2) is 0 Å². The van der Waals surface area contributed by atoms with Gasteiger partial charge in [-0.25, -0.2) is 0 Å². The zero-order valence-corrected chi connectivity index (χ0v) is 35.9. The molecular weight excluding hydrogens is 773 g/mol. The van der Waals surface area contributed by atoms with Crippen LogP contribution in [0, 0.1) is 0 Å². The summed E-state index contributed by atoms with van der Waals surface area (Å²) in [6.45, 7) is 1.99. The molecule has 0 saturated heterocycles. The number of nitrogens with zero attached hydrogens (tertiary/aromatic N) is 2. The van der Waals surface area contributed by atoms with E-state index in [0.29, 0.717) is 0 Å². The molecule has 10 aromatic carbocycles. The van der Waals surface area contributed by atoms with E-state index in [2.05, 4.69) is 228 Å². The quantitative estimate of drug-likeness (QED) is 0.117. The Kier molecular flexibility index (Phi) is 9.64. The lowest BCUT2D eigenvalue weighted by Gasteiger charge is -2.32. The molecule has 0 radical (unpaired) electrons. The maximum absolute atomic E-state index is 2.54.